The predicted molar refractivity (Wildman–Crippen MR) is 224 cm³/mol. The first kappa shape index (κ1) is 43.1. The van der Waals surface area contributed by atoms with Gasteiger partial charge >= 0.3 is 0 Å². The number of hydrogen-bond donors (Lipinski definition) is 0. The summed E-state index contributed by atoms with van der Waals surface area (Å²) in [6.07, 6.45) is 41.4. The summed E-state index contributed by atoms with van der Waals surface area (Å²) in [6.45, 7) is 9.35. The molecule has 0 aliphatic heterocycles. The van der Waals surface area contributed by atoms with E-state index in [0.717, 1.165) is 25.9 Å². The quantitative estimate of drug-likeness (QED) is 0.0442. The molecule has 0 radical (unpaired) electrons. The lowest BCUT2D eigenvalue weighted by Gasteiger charge is -2.12. The number of aromatic nitrogens is 2. The fourth-order valence-corrected chi connectivity index (χ4v) is 8.05. The SMILES string of the molecule is CCCCCCCCCCCCCCCCCn1c(CC(C)c2ccccc2)c[n+](CCCCCCCCCCCCC)c1Cc1ccccc1. The van der Waals surface area contributed by atoms with E-state index in [-0.39, 0.29) is 0 Å². The minimum absolute atomic E-state index is 0.515. The van der Waals surface area contributed by atoms with E-state index in [9.17, 15) is 0 Å². The van der Waals surface area contributed by atoms with Gasteiger partial charge in [-0.3, -0.25) is 0 Å². The summed E-state index contributed by atoms with van der Waals surface area (Å²) in [4.78, 5) is 0. The van der Waals surface area contributed by atoms with Crippen LogP contribution in [0.5, 0.6) is 0 Å². The molecular formula is C49H81N2+. The smallest absolute Gasteiger partial charge is 0.234 e. The Morgan fingerprint density at radius 1 is 0.490 bits per heavy atom. The van der Waals surface area contributed by atoms with Crippen LogP contribution in [0.25, 0.3) is 0 Å². The highest BCUT2D eigenvalue weighted by Crippen LogP contribution is 2.23. The second-order valence-corrected chi connectivity index (χ2v) is 16.0. The number of unbranched alkanes of at least 4 members (excludes halogenated alkanes) is 24. The predicted octanol–water partition coefficient (Wildman–Crippen LogP) is 14.9. The summed E-state index contributed by atoms with van der Waals surface area (Å²) in [5, 5.41) is 0. The number of benzene rings is 2. The summed E-state index contributed by atoms with van der Waals surface area (Å²) in [6, 6.07) is 22.4. The molecule has 1 atom stereocenters. The highest BCUT2D eigenvalue weighted by molar-refractivity contribution is 5.22. The van der Waals surface area contributed by atoms with Crippen LogP contribution < -0.4 is 4.57 Å². The standard InChI is InChI=1S/C49H81N2/c1-4-6-8-10-12-14-16-17-18-19-21-23-25-27-35-41-51-48(42-45(3)47-38-32-29-33-39-47)44-50(49(51)43-46-36-30-28-31-37-46)40-34-26-24-22-20-15-13-11-9-7-5-2/h28-33,36-39,44-45H,4-27,34-35,40-43H2,1-3H3/q+1. The Labute approximate surface area is 317 Å². The van der Waals surface area contributed by atoms with Crippen LogP contribution in [0.3, 0.4) is 0 Å². The van der Waals surface area contributed by atoms with E-state index >= 15 is 0 Å². The highest BCUT2D eigenvalue weighted by Gasteiger charge is 2.25. The summed E-state index contributed by atoms with van der Waals surface area (Å²) in [7, 11) is 0. The van der Waals surface area contributed by atoms with Crippen molar-refractivity contribution in [2.75, 3.05) is 0 Å². The maximum absolute atomic E-state index is 2.76. The second-order valence-electron chi connectivity index (χ2n) is 16.0. The number of aryl methyl sites for hydroxylation is 1. The van der Waals surface area contributed by atoms with Crippen molar-refractivity contribution in [1.82, 2.24) is 4.57 Å². The van der Waals surface area contributed by atoms with E-state index in [1.807, 2.05) is 0 Å². The van der Waals surface area contributed by atoms with Crippen molar-refractivity contribution in [1.29, 1.82) is 0 Å². The van der Waals surface area contributed by atoms with Crippen LogP contribution in [0.2, 0.25) is 0 Å². The lowest BCUT2D eigenvalue weighted by Crippen LogP contribution is -2.37. The number of hydrogen-bond acceptors (Lipinski definition) is 0. The van der Waals surface area contributed by atoms with E-state index in [2.05, 4.69) is 96.8 Å². The van der Waals surface area contributed by atoms with Crippen molar-refractivity contribution in [3.63, 3.8) is 0 Å². The summed E-state index contributed by atoms with van der Waals surface area (Å²) in [5.41, 5.74) is 4.42. The van der Waals surface area contributed by atoms with Crippen LogP contribution >= 0.6 is 0 Å². The first-order valence-electron chi connectivity index (χ1n) is 22.4. The van der Waals surface area contributed by atoms with Gasteiger partial charge in [-0.25, -0.2) is 9.13 Å². The maximum atomic E-state index is 2.76. The molecule has 0 aliphatic rings. The van der Waals surface area contributed by atoms with Gasteiger partial charge in [-0.15, -0.1) is 0 Å². The third kappa shape index (κ3) is 19.3. The molecule has 51 heavy (non-hydrogen) atoms. The summed E-state index contributed by atoms with van der Waals surface area (Å²) >= 11 is 0. The molecule has 0 saturated carbocycles. The molecule has 2 aromatic carbocycles. The molecule has 0 saturated heterocycles. The van der Waals surface area contributed by atoms with E-state index in [1.165, 1.54) is 190 Å². The van der Waals surface area contributed by atoms with Crippen molar-refractivity contribution < 1.29 is 4.57 Å². The fraction of sp³-hybridized carbons (Fsp3) is 0.694. The largest absolute Gasteiger partial charge is 0.261 e. The van der Waals surface area contributed by atoms with Gasteiger partial charge < -0.3 is 0 Å². The van der Waals surface area contributed by atoms with Gasteiger partial charge in [-0.2, -0.15) is 0 Å². The third-order valence-electron chi connectivity index (χ3n) is 11.4. The Morgan fingerprint density at radius 2 is 0.902 bits per heavy atom. The molecule has 0 spiro atoms. The molecule has 2 nitrogen and oxygen atoms in total. The van der Waals surface area contributed by atoms with Gasteiger partial charge in [0.25, 0.3) is 5.82 Å². The number of rotatable bonds is 33. The highest BCUT2D eigenvalue weighted by atomic mass is 15.2. The summed E-state index contributed by atoms with van der Waals surface area (Å²) < 4.78 is 5.42. The Kier molecular flexibility index (Phi) is 24.6. The third-order valence-corrected chi connectivity index (χ3v) is 11.4. The molecule has 1 aromatic heterocycles. The molecule has 3 rings (SSSR count). The van der Waals surface area contributed by atoms with E-state index in [0.29, 0.717) is 5.92 Å². The number of nitrogens with zero attached hydrogens (tertiary/aromatic N) is 2. The van der Waals surface area contributed by atoms with Crippen LogP contribution in [0.4, 0.5) is 0 Å². The molecule has 2 heteroatoms. The van der Waals surface area contributed by atoms with Crippen molar-refractivity contribution in [3.05, 3.63) is 89.5 Å². The Bertz CT molecular complexity index is 1200. The molecule has 0 aliphatic carbocycles. The van der Waals surface area contributed by atoms with Crippen molar-refractivity contribution in [2.45, 2.75) is 220 Å². The molecule has 0 amide bonds. The normalized spacial score (nSPS) is 12.1. The first-order valence-corrected chi connectivity index (χ1v) is 22.4. The van der Waals surface area contributed by atoms with Crippen LogP contribution in [-0.4, -0.2) is 4.57 Å². The van der Waals surface area contributed by atoms with Gasteiger partial charge in [0.05, 0.1) is 19.5 Å². The van der Waals surface area contributed by atoms with Crippen molar-refractivity contribution in [3.8, 4) is 0 Å². The molecular weight excluding hydrogens is 617 g/mol. The lowest BCUT2D eigenvalue weighted by atomic mass is 9.96. The molecule has 1 unspecified atom stereocenters. The topological polar surface area (TPSA) is 8.81 Å². The van der Waals surface area contributed by atoms with Gasteiger partial charge in [-0.05, 0) is 42.7 Å². The van der Waals surface area contributed by atoms with Crippen molar-refractivity contribution >= 4 is 0 Å². The zero-order valence-corrected chi connectivity index (χ0v) is 34.0. The van der Waals surface area contributed by atoms with Crippen LogP contribution in [0.1, 0.15) is 216 Å². The maximum Gasteiger partial charge on any atom is 0.261 e. The minimum Gasteiger partial charge on any atom is -0.234 e. The first-order chi connectivity index (χ1) is 25.2. The summed E-state index contributed by atoms with van der Waals surface area (Å²) in [5.74, 6) is 2.04. The van der Waals surface area contributed by atoms with Crippen LogP contribution in [0.15, 0.2) is 66.9 Å². The average molecular weight is 698 g/mol. The fourth-order valence-electron chi connectivity index (χ4n) is 8.05. The van der Waals surface area contributed by atoms with E-state index in [1.54, 1.807) is 0 Å². The van der Waals surface area contributed by atoms with Gasteiger partial charge in [0.15, 0.2) is 0 Å². The van der Waals surface area contributed by atoms with Crippen LogP contribution in [0, 0.1) is 0 Å². The van der Waals surface area contributed by atoms with E-state index < -0.39 is 0 Å². The molecule has 3 aromatic rings. The minimum atomic E-state index is 0.515. The Hall–Kier alpha value is -2.35. The molecule has 286 valence electrons. The Morgan fingerprint density at radius 3 is 1.37 bits per heavy atom. The number of imidazole rings is 1. The van der Waals surface area contributed by atoms with Gasteiger partial charge in [-0.1, -0.05) is 223 Å². The second kappa shape index (κ2) is 29.1. The molecule has 0 bridgehead atoms. The molecule has 0 fully saturated rings. The zero-order valence-electron chi connectivity index (χ0n) is 34.0. The van der Waals surface area contributed by atoms with Gasteiger partial charge in [0, 0.05) is 6.42 Å². The van der Waals surface area contributed by atoms with E-state index in [4.69, 9.17) is 0 Å². The van der Waals surface area contributed by atoms with Gasteiger partial charge in [0.2, 0.25) is 0 Å². The Balaban J connectivity index is 1.52. The molecule has 0 N–H and O–H groups in total. The average Bonchev–Trinajstić information content (AvgIpc) is 3.47. The monoisotopic (exact) mass is 698 g/mol. The van der Waals surface area contributed by atoms with Crippen molar-refractivity contribution in [2.24, 2.45) is 0 Å². The lowest BCUT2D eigenvalue weighted by molar-refractivity contribution is -0.704. The van der Waals surface area contributed by atoms with Crippen LogP contribution in [-0.2, 0) is 25.9 Å². The molecule has 1 heterocycles. The van der Waals surface area contributed by atoms with Gasteiger partial charge in [0.1, 0.15) is 11.9 Å². The zero-order chi connectivity index (χ0) is 36.0.